The van der Waals surface area contributed by atoms with Gasteiger partial charge >= 0.3 is 0 Å². The smallest absolute Gasteiger partial charge is 0.251 e. The van der Waals surface area contributed by atoms with Crippen molar-refractivity contribution in [2.24, 2.45) is 0 Å². The number of hydrogen-bond acceptors (Lipinski definition) is 7. The van der Waals surface area contributed by atoms with Gasteiger partial charge in [0.05, 0.1) is 4.90 Å². The molecule has 0 radical (unpaired) electrons. The molecular formula is C23H25N5O3S2. The Morgan fingerprint density at radius 3 is 2.82 bits per heavy atom. The number of thiophene rings is 1. The van der Waals surface area contributed by atoms with Crippen LogP contribution in [0.4, 0.5) is 5.95 Å². The van der Waals surface area contributed by atoms with E-state index >= 15 is 0 Å². The number of nitrogens with one attached hydrogen (secondary N) is 1. The number of rotatable bonds is 5. The van der Waals surface area contributed by atoms with Crippen LogP contribution in [0.15, 0.2) is 59.1 Å². The Hall–Kier alpha value is -2.82. The maximum Gasteiger partial charge on any atom is 0.251 e. The number of anilines is 1. The van der Waals surface area contributed by atoms with Crippen molar-refractivity contribution in [1.29, 1.82) is 0 Å². The molecule has 0 spiro atoms. The molecule has 1 N–H and O–H groups in total. The summed E-state index contributed by atoms with van der Waals surface area (Å²) >= 11 is 1.67. The number of carbonyl (C=O) groups excluding carboxylic acids is 1. The lowest BCUT2D eigenvalue weighted by Gasteiger charge is -2.33. The van der Waals surface area contributed by atoms with Crippen LogP contribution in [0, 0.1) is 0 Å². The van der Waals surface area contributed by atoms with Crippen molar-refractivity contribution in [1.82, 2.24) is 19.6 Å². The maximum absolute atomic E-state index is 13.3. The average molecular weight is 484 g/mol. The molecule has 0 saturated carbocycles. The number of benzene rings is 1. The van der Waals surface area contributed by atoms with E-state index in [4.69, 9.17) is 0 Å². The Labute approximate surface area is 197 Å². The molecule has 0 bridgehead atoms. The highest BCUT2D eigenvalue weighted by Crippen LogP contribution is 2.28. The molecule has 1 fully saturated rings. The number of hydrogen-bond donors (Lipinski definition) is 1. The van der Waals surface area contributed by atoms with Gasteiger partial charge in [-0.25, -0.2) is 18.4 Å². The Balaban J connectivity index is 1.28. The van der Waals surface area contributed by atoms with Gasteiger partial charge in [0.25, 0.3) is 5.91 Å². The van der Waals surface area contributed by atoms with E-state index in [0.29, 0.717) is 31.1 Å². The van der Waals surface area contributed by atoms with Crippen molar-refractivity contribution in [3.63, 3.8) is 0 Å². The monoisotopic (exact) mass is 483 g/mol. The Morgan fingerprint density at radius 1 is 1.12 bits per heavy atom. The van der Waals surface area contributed by atoms with E-state index in [1.165, 1.54) is 15.2 Å². The average Bonchev–Trinajstić information content (AvgIpc) is 3.33. The molecule has 0 aliphatic carbocycles. The molecule has 1 atom stereocenters. The molecule has 1 saturated heterocycles. The molecule has 2 aliphatic heterocycles. The van der Waals surface area contributed by atoms with Crippen LogP contribution in [0.5, 0.6) is 0 Å². The molecule has 1 aromatic carbocycles. The second-order valence-electron chi connectivity index (χ2n) is 8.29. The lowest BCUT2D eigenvalue weighted by molar-refractivity contribution is 0.0933. The van der Waals surface area contributed by atoms with Crippen molar-refractivity contribution >= 4 is 33.2 Å². The summed E-state index contributed by atoms with van der Waals surface area (Å²) in [5.41, 5.74) is 1.41. The van der Waals surface area contributed by atoms with E-state index in [2.05, 4.69) is 20.2 Å². The number of fused-ring (bicyclic) bond motifs is 1. The normalized spacial score (nSPS) is 19.2. The number of sulfonamides is 1. The summed E-state index contributed by atoms with van der Waals surface area (Å²) in [4.78, 5) is 25.0. The molecule has 2 aliphatic rings. The summed E-state index contributed by atoms with van der Waals surface area (Å²) in [7, 11) is -3.68. The van der Waals surface area contributed by atoms with Crippen LogP contribution >= 0.6 is 11.3 Å². The molecule has 10 heteroatoms. The minimum atomic E-state index is -3.68. The van der Waals surface area contributed by atoms with Gasteiger partial charge in [0.2, 0.25) is 16.0 Å². The summed E-state index contributed by atoms with van der Waals surface area (Å²) in [5, 5.41) is 5.06. The molecule has 2 aromatic heterocycles. The summed E-state index contributed by atoms with van der Waals surface area (Å²) in [6.07, 6.45) is 5.90. The van der Waals surface area contributed by atoms with E-state index < -0.39 is 10.0 Å². The van der Waals surface area contributed by atoms with Crippen molar-refractivity contribution in [2.45, 2.75) is 36.7 Å². The zero-order valence-corrected chi connectivity index (χ0v) is 19.7. The third kappa shape index (κ3) is 4.64. The van der Waals surface area contributed by atoms with E-state index in [9.17, 15) is 13.2 Å². The van der Waals surface area contributed by atoms with E-state index in [0.717, 1.165) is 31.4 Å². The van der Waals surface area contributed by atoms with Crippen molar-refractivity contribution < 1.29 is 13.2 Å². The molecule has 1 amide bonds. The zero-order valence-electron chi connectivity index (χ0n) is 18.1. The summed E-state index contributed by atoms with van der Waals surface area (Å²) < 4.78 is 28.0. The zero-order chi connectivity index (χ0) is 22.8. The van der Waals surface area contributed by atoms with Crippen LogP contribution < -0.4 is 10.2 Å². The van der Waals surface area contributed by atoms with Gasteiger partial charge in [-0.3, -0.25) is 4.79 Å². The van der Waals surface area contributed by atoms with Crippen LogP contribution in [0.3, 0.4) is 0 Å². The minimum Gasteiger partial charge on any atom is -0.348 e. The standard InChI is InChI=1S/C23H25N5O3S2/c29-22(26-19-5-2-11-27(16-19)23-24-9-3-10-25-23)17-4-1-6-20(14-17)33(30,31)28-12-7-21-18(15-28)8-13-32-21/h1,3-4,6,8-10,13-14,19H,2,5,7,11-12,15-16H2,(H,26,29). The van der Waals surface area contributed by atoms with Crippen LogP contribution in [-0.4, -0.2) is 54.3 Å². The van der Waals surface area contributed by atoms with Gasteiger partial charge < -0.3 is 10.2 Å². The third-order valence-corrected chi connectivity index (χ3v) is 8.96. The number of carbonyl (C=O) groups is 1. The molecule has 1 unspecified atom stereocenters. The van der Waals surface area contributed by atoms with E-state index in [1.54, 1.807) is 48.0 Å². The van der Waals surface area contributed by atoms with Gasteiger partial charge in [-0.1, -0.05) is 6.07 Å². The first-order valence-electron chi connectivity index (χ1n) is 11.0. The van der Waals surface area contributed by atoms with Gasteiger partial charge in [0, 0.05) is 55.1 Å². The Morgan fingerprint density at radius 2 is 1.97 bits per heavy atom. The largest absolute Gasteiger partial charge is 0.348 e. The summed E-state index contributed by atoms with van der Waals surface area (Å²) in [6, 6.07) is 10.0. The van der Waals surface area contributed by atoms with Gasteiger partial charge in [-0.05, 0) is 60.5 Å². The highest BCUT2D eigenvalue weighted by molar-refractivity contribution is 7.89. The van der Waals surface area contributed by atoms with Crippen molar-refractivity contribution in [3.8, 4) is 0 Å². The highest BCUT2D eigenvalue weighted by Gasteiger charge is 2.30. The fourth-order valence-electron chi connectivity index (χ4n) is 4.37. The lowest BCUT2D eigenvalue weighted by Crippen LogP contribution is -2.48. The highest BCUT2D eigenvalue weighted by atomic mass is 32.2. The second kappa shape index (κ2) is 9.20. The van der Waals surface area contributed by atoms with Gasteiger partial charge in [0.1, 0.15) is 0 Å². The molecule has 172 valence electrons. The molecule has 5 rings (SSSR count). The fraction of sp³-hybridized carbons (Fsp3) is 0.348. The fourth-order valence-corrected chi connectivity index (χ4v) is 6.73. The van der Waals surface area contributed by atoms with Crippen LogP contribution in [0.1, 0.15) is 33.6 Å². The van der Waals surface area contributed by atoms with Gasteiger partial charge in [-0.15, -0.1) is 11.3 Å². The quantitative estimate of drug-likeness (QED) is 0.600. The lowest BCUT2D eigenvalue weighted by atomic mass is 10.1. The van der Waals surface area contributed by atoms with E-state index in [-0.39, 0.29) is 16.8 Å². The minimum absolute atomic E-state index is 0.0607. The number of aromatic nitrogens is 2. The Kier molecular flexibility index (Phi) is 6.13. The SMILES string of the molecule is O=C(NC1CCCN(c2ncccn2)C1)c1cccc(S(=O)(=O)N2CCc3sccc3C2)c1. The number of nitrogens with zero attached hydrogens (tertiary/aromatic N) is 4. The van der Waals surface area contributed by atoms with Gasteiger partial charge in [0.15, 0.2) is 0 Å². The topological polar surface area (TPSA) is 95.5 Å². The molecular weight excluding hydrogens is 458 g/mol. The first-order chi connectivity index (χ1) is 16.0. The maximum atomic E-state index is 13.3. The molecule has 33 heavy (non-hydrogen) atoms. The predicted octanol–water partition coefficient (Wildman–Crippen LogP) is 2.68. The predicted molar refractivity (Wildman–Crippen MR) is 127 cm³/mol. The van der Waals surface area contributed by atoms with Crippen LogP contribution in [0.25, 0.3) is 0 Å². The number of amides is 1. The number of piperidine rings is 1. The molecule has 8 nitrogen and oxygen atoms in total. The Bertz CT molecular complexity index is 1250. The molecule has 3 aromatic rings. The molecule has 4 heterocycles. The van der Waals surface area contributed by atoms with Crippen LogP contribution in [0.2, 0.25) is 0 Å². The summed E-state index contributed by atoms with van der Waals surface area (Å²) in [6.45, 7) is 2.28. The first-order valence-corrected chi connectivity index (χ1v) is 13.3. The first kappa shape index (κ1) is 22.0. The van der Waals surface area contributed by atoms with Crippen molar-refractivity contribution in [3.05, 3.63) is 70.2 Å². The van der Waals surface area contributed by atoms with E-state index in [1.807, 2.05) is 11.4 Å². The second-order valence-corrected chi connectivity index (χ2v) is 11.2. The third-order valence-electron chi connectivity index (χ3n) is 6.10. The van der Waals surface area contributed by atoms with Crippen molar-refractivity contribution in [2.75, 3.05) is 24.5 Å². The van der Waals surface area contributed by atoms with Gasteiger partial charge in [-0.2, -0.15) is 4.31 Å². The summed E-state index contributed by atoms with van der Waals surface area (Å²) in [5.74, 6) is 0.381. The van der Waals surface area contributed by atoms with Crippen LogP contribution in [-0.2, 0) is 23.0 Å².